The summed E-state index contributed by atoms with van der Waals surface area (Å²) in [4.78, 5) is 26.2. The molecule has 1 N–H and O–H groups in total. The van der Waals surface area contributed by atoms with Crippen LogP contribution in [0.2, 0.25) is 0 Å². The molecule has 0 atom stereocenters. The van der Waals surface area contributed by atoms with Gasteiger partial charge >= 0.3 is 0 Å². The first-order valence-electron chi connectivity index (χ1n) is 13.2. The molecule has 6 nitrogen and oxygen atoms in total. The number of fused-ring (bicyclic) bond motifs is 1. The first-order chi connectivity index (χ1) is 18.1. The molecule has 1 aromatic heterocycles. The molecule has 37 heavy (non-hydrogen) atoms. The number of hydrogen-bond donors (Lipinski definition) is 1. The fourth-order valence-electron chi connectivity index (χ4n) is 5.19. The Hall–Kier alpha value is -3.77. The smallest absolute Gasteiger partial charge is 0.224 e. The Labute approximate surface area is 219 Å². The Morgan fingerprint density at radius 1 is 0.919 bits per heavy atom. The third-order valence-electron chi connectivity index (χ3n) is 7.26. The molecule has 1 fully saturated rings. The number of anilines is 2. The second-order valence-corrected chi connectivity index (χ2v) is 9.95. The van der Waals surface area contributed by atoms with Crippen LogP contribution in [0.1, 0.15) is 36.8 Å². The van der Waals surface area contributed by atoms with Gasteiger partial charge in [0, 0.05) is 55.9 Å². The maximum absolute atomic E-state index is 12.5. The molecule has 4 aromatic rings. The minimum Gasteiger partial charge on any atom is -0.371 e. The third-order valence-corrected chi connectivity index (χ3v) is 7.26. The summed E-state index contributed by atoms with van der Waals surface area (Å²) < 4.78 is 0. The van der Waals surface area contributed by atoms with Gasteiger partial charge < -0.3 is 10.2 Å². The van der Waals surface area contributed by atoms with Gasteiger partial charge in [-0.1, -0.05) is 42.5 Å². The van der Waals surface area contributed by atoms with Crippen molar-refractivity contribution in [3.8, 4) is 0 Å². The number of benzene rings is 3. The van der Waals surface area contributed by atoms with Crippen LogP contribution in [-0.4, -0.2) is 47.0 Å². The first-order valence-corrected chi connectivity index (χ1v) is 13.2. The van der Waals surface area contributed by atoms with E-state index in [1.165, 1.54) is 16.8 Å². The maximum Gasteiger partial charge on any atom is 0.224 e. The first kappa shape index (κ1) is 24.9. The Morgan fingerprint density at radius 2 is 1.70 bits per heavy atom. The Bertz CT molecular complexity index is 1320. The molecular weight excluding hydrogens is 458 g/mol. The molecule has 3 aromatic carbocycles. The lowest BCUT2D eigenvalue weighted by molar-refractivity contribution is -0.116. The van der Waals surface area contributed by atoms with Crippen molar-refractivity contribution in [2.45, 2.75) is 44.7 Å². The number of piperidine rings is 1. The van der Waals surface area contributed by atoms with Crippen LogP contribution in [0.15, 0.2) is 85.2 Å². The van der Waals surface area contributed by atoms with Crippen LogP contribution >= 0.6 is 0 Å². The zero-order valence-electron chi connectivity index (χ0n) is 21.5. The van der Waals surface area contributed by atoms with Crippen molar-refractivity contribution in [1.29, 1.82) is 0 Å². The maximum atomic E-state index is 12.5. The molecule has 0 aliphatic carbocycles. The van der Waals surface area contributed by atoms with E-state index in [9.17, 15) is 4.79 Å². The molecule has 0 unspecified atom stereocenters. The predicted octanol–water partition coefficient (Wildman–Crippen LogP) is 5.69. The van der Waals surface area contributed by atoms with E-state index in [2.05, 4.69) is 74.6 Å². The summed E-state index contributed by atoms with van der Waals surface area (Å²) in [6.45, 7) is 2.92. The van der Waals surface area contributed by atoms with Gasteiger partial charge in [-0.15, -0.1) is 0 Å². The highest BCUT2D eigenvalue weighted by molar-refractivity contribution is 5.91. The van der Waals surface area contributed by atoms with Crippen molar-refractivity contribution < 1.29 is 4.79 Å². The van der Waals surface area contributed by atoms with Crippen LogP contribution in [0.25, 0.3) is 11.0 Å². The number of carbonyl (C=O) groups is 1. The SMILES string of the molecule is CN(Cc1ccc2nccnc2c1)C1CCN(c2cccc(NC(=O)CCCc3ccccc3)c2)CC1. The second kappa shape index (κ2) is 12.0. The summed E-state index contributed by atoms with van der Waals surface area (Å²) in [5.74, 6) is 0.0769. The van der Waals surface area contributed by atoms with Gasteiger partial charge in [0.1, 0.15) is 0 Å². The van der Waals surface area contributed by atoms with Gasteiger partial charge in [0.2, 0.25) is 5.91 Å². The molecule has 1 saturated heterocycles. The molecule has 1 aliphatic rings. The van der Waals surface area contributed by atoms with E-state index < -0.39 is 0 Å². The lowest BCUT2D eigenvalue weighted by Crippen LogP contribution is -2.43. The van der Waals surface area contributed by atoms with E-state index in [-0.39, 0.29) is 5.91 Å². The fraction of sp³-hybridized carbons (Fsp3) is 0.323. The van der Waals surface area contributed by atoms with Gasteiger partial charge in [-0.2, -0.15) is 0 Å². The zero-order chi connectivity index (χ0) is 25.5. The van der Waals surface area contributed by atoms with Crippen LogP contribution in [0.4, 0.5) is 11.4 Å². The van der Waals surface area contributed by atoms with E-state index >= 15 is 0 Å². The van der Waals surface area contributed by atoms with Crippen molar-refractivity contribution in [1.82, 2.24) is 14.9 Å². The summed E-state index contributed by atoms with van der Waals surface area (Å²) in [7, 11) is 2.22. The summed E-state index contributed by atoms with van der Waals surface area (Å²) >= 11 is 0. The van der Waals surface area contributed by atoms with E-state index in [4.69, 9.17) is 0 Å². The molecule has 0 bridgehead atoms. The Balaban J connectivity index is 1.10. The molecule has 5 rings (SSSR count). The molecule has 2 heterocycles. The lowest BCUT2D eigenvalue weighted by atomic mass is 10.0. The molecule has 6 heteroatoms. The number of rotatable bonds is 9. The van der Waals surface area contributed by atoms with Crippen LogP contribution in [0.5, 0.6) is 0 Å². The minimum absolute atomic E-state index is 0.0769. The van der Waals surface area contributed by atoms with Crippen LogP contribution in [-0.2, 0) is 17.8 Å². The molecule has 1 aliphatic heterocycles. The van der Waals surface area contributed by atoms with Crippen LogP contribution in [0.3, 0.4) is 0 Å². The number of hydrogen-bond acceptors (Lipinski definition) is 5. The molecule has 0 spiro atoms. The van der Waals surface area contributed by atoms with Gasteiger partial charge in [0.05, 0.1) is 11.0 Å². The van der Waals surface area contributed by atoms with E-state index in [0.29, 0.717) is 12.5 Å². The summed E-state index contributed by atoms with van der Waals surface area (Å²) in [5, 5.41) is 3.09. The lowest BCUT2D eigenvalue weighted by Gasteiger charge is -2.38. The van der Waals surface area contributed by atoms with Crippen molar-refractivity contribution >= 4 is 28.3 Å². The third kappa shape index (κ3) is 6.71. The number of carbonyl (C=O) groups excluding carboxylic acids is 1. The normalized spacial score (nSPS) is 14.3. The fourth-order valence-corrected chi connectivity index (χ4v) is 5.19. The van der Waals surface area contributed by atoms with Crippen molar-refractivity contribution in [2.24, 2.45) is 0 Å². The molecule has 1 amide bonds. The molecule has 0 saturated carbocycles. The van der Waals surface area contributed by atoms with E-state index in [1.54, 1.807) is 12.4 Å². The summed E-state index contributed by atoms with van der Waals surface area (Å²) in [6, 6.07) is 25.5. The van der Waals surface area contributed by atoms with Crippen molar-refractivity contribution in [3.05, 3.63) is 96.3 Å². The van der Waals surface area contributed by atoms with Gasteiger partial charge in [-0.05, 0) is 74.2 Å². The standard InChI is InChI=1S/C31H35N5O/c1-35(23-25-13-14-29-30(21-25)33-18-17-32-29)27-15-19-36(20-16-27)28-11-6-10-26(22-28)34-31(37)12-5-9-24-7-3-2-4-8-24/h2-4,6-8,10-11,13-14,17-18,21-22,27H,5,9,12,15-16,19-20,23H2,1H3,(H,34,37). The predicted molar refractivity (Wildman–Crippen MR) is 151 cm³/mol. The highest BCUT2D eigenvalue weighted by Gasteiger charge is 2.23. The number of aryl methyl sites for hydroxylation is 1. The van der Waals surface area contributed by atoms with Crippen molar-refractivity contribution in [2.75, 3.05) is 30.4 Å². The topological polar surface area (TPSA) is 61.4 Å². The van der Waals surface area contributed by atoms with E-state index in [1.807, 2.05) is 30.3 Å². The van der Waals surface area contributed by atoms with Crippen LogP contribution in [0, 0.1) is 0 Å². The van der Waals surface area contributed by atoms with E-state index in [0.717, 1.165) is 62.0 Å². The van der Waals surface area contributed by atoms with Crippen LogP contribution < -0.4 is 10.2 Å². The second-order valence-electron chi connectivity index (χ2n) is 9.95. The largest absolute Gasteiger partial charge is 0.371 e. The van der Waals surface area contributed by atoms with Gasteiger partial charge in [0.15, 0.2) is 0 Å². The quantitative estimate of drug-likeness (QED) is 0.324. The average molecular weight is 494 g/mol. The zero-order valence-corrected chi connectivity index (χ0v) is 21.5. The Morgan fingerprint density at radius 3 is 2.51 bits per heavy atom. The average Bonchev–Trinajstić information content (AvgIpc) is 2.94. The van der Waals surface area contributed by atoms with Gasteiger partial charge in [-0.25, -0.2) is 0 Å². The highest BCUT2D eigenvalue weighted by atomic mass is 16.1. The van der Waals surface area contributed by atoms with Gasteiger partial charge in [0.25, 0.3) is 0 Å². The Kier molecular flexibility index (Phi) is 8.06. The number of aromatic nitrogens is 2. The molecule has 0 radical (unpaired) electrons. The molecule has 190 valence electrons. The highest BCUT2D eigenvalue weighted by Crippen LogP contribution is 2.26. The van der Waals surface area contributed by atoms with Gasteiger partial charge in [-0.3, -0.25) is 19.7 Å². The number of amides is 1. The summed E-state index contributed by atoms with van der Waals surface area (Å²) in [5.41, 5.74) is 6.49. The monoisotopic (exact) mass is 493 g/mol. The molecular formula is C31H35N5O. The number of nitrogens with zero attached hydrogens (tertiary/aromatic N) is 4. The van der Waals surface area contributed by atoms with Crippen molar-refractivity contribution in [3.63, 3.8) is 0 Å². The number of nitrogens with one attached hydrogen (secondary N) is 1. The minimum atomic E-state index is 0.0769. The summed E-state index contributed by atoms with van der Waals surface area (Å²) in [6.07, 6.45) is 8.01.